The Kier molecular flexibility index (Phi) is 4.36. The van der Waals surface area contributed by atoms with E-state index in [2.05, 4.69) is 15.2 Å². The predicted molar refractivity (Wildman–Crippen MR) is 86.8 cm³/mol. The average Bonchev–Trinajstić information content (AvgIpc) is 2.56. The standard InChI is InChI=1S/C16H19ClN4/c1-18-12-7-10-21(11-8-12)15-6-5-13(17)16(20-15)14-4-2-3-9-19-14/h2-6,9,12,18H,7-8,10-11H2,1H3. The van der Waals surface area contributed by atoms with Gasteiger partial charge in [-0.25, -0.2) is 4.98 Å². The Hall–Kier alpha value is -1.65. The maximum Gasteiger partial charge on any atom is 0.129 e. The van der Waals surface area contributed by atoms with Crippen LogP contribution >= 0.6 is 11.6 Å². The van der Waals surface area contributed by atoms with E-state index in [9.17, 15) is 0 Å². The van der Waals surface area contributed by atoms with Crippen molar-refractivity contribution in [3.63, 3.8) is 0 Å². The first-order valence-corrected chi connectivity index (χ1v) is 7.66. The van der Waals surface area contributed by atoms with E-state index in [1.54, 1.807) is 6.20 Å². The highest BCUT2D eigenvalue weighted by Crippen LogP contribution is 2.28. The van der Waals surface area contributed by atoms with E-state index in [1.165, 1.54) is 0 Å². The summed E-state index contributed by atoms with van der Waals surface area (Å²) >= 11 is 6.28. The Morgan fingerprint density at radius 2 is 2.00 bits per heavy atom. The molecule has 0 saturated carbocycles. The molecule has 3 heterocycles. The van der Waals surface area contributed by atoms with Crippen LogP contribution in [0.5, 0.6) is 0 Å². The molecule has 0 bridgehead atoms. The summed E-state index contributed by atoms with van der Waals surface area (Å²) in [6, 6.07) is 10.3. The molecule has 0 aliphatic carbocycles. The molecule has 2 aromatic rings. The van der Waals surface area contributed by atoms with Gasteiger partial charge in [0.25, 0.3) is 0 Å². The lowest BCUT2D eigenvalue weighted by atomic mass is 10.1. The first-order chi connectivity index (χ1) is 10.3. The number of rotatable bonds is 3. The normalized spacial score (nSPS) is 16.2. The largest absolute Gasteiger partial charge is 0.356 e. The molecule has 0 aromatic carbocycles. The number of hydrogen-bond acceptors (Lipinski definition) is 4. The fraction of sp³-hybridized carbons (Fsp3) is 0.375. The van der Waals surface area contributed by atoms with E-state index >= 15 is 0 Å². The summed E-state index contributed by atoms with van der Waals surface area (Å²) in [6.07, 6.45) is 4.04. The van der Waals surface area contributed by atoms with Gasteiger partial charge in [-0.2, -0.15) is 0 Å². The van der Waals surface area contributed by atoms with Gasteiger partial charge in [-0.1, -0.05) is 17.7 Å². The lowest BCUT2D eigenvalue weighted by Crippen LogP contribution is -2.41. The molecular weight excluding hydrogens is 284 g/mol. The van der Waals surface area contributed by atoms with Gasteiger partial charge in [0.05, 0.1) is 10.7 Å². The van der Waals surface area contributed by atoms with Gasteiger partial charge in [0, 0.05) is 25.3 Å². The van der Waals surface area contributed by atoms with E-state index in [1.807, 2.05) is 37.4 Å². The van der Waals surface area contributed by atoms with Crippen molar-refractivity contribution in [2.45, 2.75) is 18.9 Å². The molecule has 110 valence electrons. The zero-order chi connectivity index (χ0) is 14.7. The number of nitrogens with zero attached hydrogens (tertiary/aromatic N) is 3. The summed E-state index contributed by atoms with van der Waals surface area (Å²) in [5.74, 6) is 0.981. The number of piperidine rings is 1. The minimum Gasteiger partial charge on any atom is -0.356 e. The van der Waals surface area contributed by atoms with Gasteiger partial charge >= 0.3 is 0 Å². The number of hydrogen-bond donors (Lipinski definition) is 1. The quantitative estimate of drug-likeness (QED) is 0.946. The molecule has 0 radical (unpaired) electrons. The highest BCUT2D eigenvalue weighted by atomic mass is 35.5. The second-order valence-corrected chi connectivity index (χ2v) is 5.67. The summed E-state index contributed by atoms with van der Waals surface area (Å²) in [5.41, 5.74) is 1.57. The Morgan fingerprint density at radius 3 is 2.67 bits per heavy atom. The van der Waals surface area contributed by atoms with Crippen molar-refractivity contribution in [2.24, 2.45) is 0 Å². The van der Waals surface area contributed by atoms with Crippen LogP contribution in [0.2, 0.25) is 5.02 Å². The number of pyridine rings is 2. The lowest BCUT2D eigenvalue weighted by molar-refractivity contribution is 0.441. The molecule has 2 aromatic heterocycles. The first kappa shape index (κ1) is 14.3. The van der Waals surface area contributed by atoms with E-state index in [0.29, 0.717) is 11.1 Å². The van der Waals surface area contributed by atoms with Crippen molar-refractivity contribution in [2.75, 3.05) is 25.0 Å². The highest BCUT2D eigenvalue weighted by molar-refractivity contribution is 6.33. The highest BCUT2D eigenvalue weighted by Gasteiger charge is 2.19. The Labute approximate surface area is 130 Å². The lowest BCUT2D eigenvalue weighted by Gasteiger charge is -2.32. The summed E-state index contributed by atoms with van der Waals surface area (Å²) in [7, 11) is 2.03. The summed E-state index contributed by atoms with van der Waals surface area (Å²) in [6.45, 7) is 2.03. The zero-order valence-corrected chi connectivity index (χ0v) is 12.8. The number of aromatic nitrogens is 2. The zero-order valence-electron chi connectivity index (χ0n) is 12.1. The molecule has 5 heteroatoms. The Bertz CT molecular complexity index is 594. The minimum absolute atomic E-state index is 0.615. The van der Waals surface area contributed by atoms with E-state index in [4.69, 9.17) is 16.6 Å². The van der Waals surface area contributed by atoms with Crippen LogP contribution in [0.3, 0.4) is 0 Å². The van der Waals surface area contributed by atoms with E-state index in [0.717, 1.165) is 43.1 Å². The molecule has 0 atom stereocenters. The average molecular weight is 303 g/mol. The van der Waals surface area contributed by atoms with Crippen LogP contribution in [-0.2, 0) is 0 Å². The molecule has 0 unspecified atom stereocenters. The molecule has 4 nitrogen and oxygen atoms in total. The van der Waals surface area contributed by atoms with Gasteiger partial charge in [-0.05, 0) is 44.2 Å². The first-order valence-electron chi connectivity index (χ1n) is 7.28. The summed E-state index contributed by atoms with van der Waals surface area (Å²) < 4.78 is 0. The summed E-state index contributed by atoms with van der Waals surface area (Å²) in [5, 5.41) is 3.99. The maximum absolute atomic E-state index is 6.28. The van der Waals surface area contributed by atoms with Gasteiger partial charge in [0.15, 0.2) is 0 Å². The molecule has 1 saturated heterocycles. The fourth-order valence-corrected chi connectivity index (χ4v) is 2.89. The van der Waals surface area contributed by atoms with Gasteiger partial charge in [0.1, 0.15) is 11.5 Å². The van der Waals surface area contributed by atoms with Crippen molar-refractivity contribution in [3.8, 4) is 11.4 Å². The SMILES string of the molecule is CNC1CCN(c2ccc(Cl)c(-c3ccccn3)n2)CC1. The van der Waals surface area contributed by atoms with Gasteiger partial charge < -0.3 is 10.2 Å². The van der Waals surface area contributed by atoms with E-state index in [-0.39, 0.29) is 0 Å². The smallest absolute Gasteiger partial charge is 0.129 e. The molecule has 21 heavy (non-hydrogen) atoms. The van der Waals surface area contributed by atoms with Crippen molar-refractivity contribution in [1.82, 2.24) is 15.3 Å². The predicted octanol–water partition coefficient (Wildman–Crippen LogP) is 2.99. The molecule has 0 amide bonds. The number of anilines is 1. The molecular formula is C16H19ClN4. The molecule has 1 fully saturated rings. The minimum atomic E-state index is 0.615. The molecule has 1 N–H and O–H groups in total. The molecule has 0 spiro atoms. The van der Waals surface area contributed by atoms with Crippen LogP contribution in [0.15, 0.2) is 36.5 Å². The van der Waals surface area contributed by atoms with Crippen LogP contribution in [0.4, 0.5) is 5.82 Å². The second kappa shape index (κ2) is 6.41. The van der Waals surface area contributed by atoms with Crippen LogP contribution in [0, 0.1) is 0 Å². The fourth-order valence-electron chi connectivity index (χ4n) is 2.69. The summed E-state index contributed by atoms with van der Waals surface area (Å²) in [4.78, 5) is 11.4. The van der Waals surface area contributed by atoms with Gasteiger partial charge in [-0.15, -0.1) is 0 Å². The van der Waals surface area contributed by atoms with Gasteiger partial charge in [0.2, 0.25) is 0 Å². The van der Waals surface area contributed by atoms with Crippen molar-refractivity contribution in [3.05, 3.63) is 41.6 Å². The van der Waals surface area contributed by atoms with Crippen LogP contribution in [-0.4, -0.2) is 36.1 Å². The molecule has 3 rings (SSSR count). The van der Waals surface area contributed by atoms with Crippen molar-refractivity contribution < 1.29 is 0 Å². The maximum atomic E-state index is 6.28. The third-order valence-corrected chi connectivity index (χ3v) is 4.27. The van der Waals surface area contributed by atoms with Crippen molar-refractivity contribution in [1.29, 1.82) is 0 Å². The number of nitrogens with one attached hydrogen (secondary N) is 1. The van der Waals surface area contributed by atoms with Gasteiger partial charge in [-0.3, -0.25) is 4.98 Å². The topological polar surface area (TPSA) is 41.0 Å². The van der Waals surface area contributed by atoms with Crippen molar-refractivity contribution >= 4 is 17.4 Å². The molecule has 1 aliphatic heterocycles. The van der Waals surface area contributed by atoms with Crippen LogP contribution in [0.25, 0.3) is 11.4 Å². The molecule has 1 aliphatic rings. The third kappa shape index (κ3) is 3.17. The van der Waals surface area contributed by atoms with E-state index < -0.39 is 0 Å². The second-order valence-electron chi connectivity index (χ2n) is 5.26. The Morgan fingerprint density at radius 1 is 1.19 bits per heavy atom. The third-order valence-electron chi connectivity index (χ3n) is 3.97. The number of halogens is 1. The van der Waals surface area contributed by atoms with Crippen LogP contribution in [0.1, 0.15) is 12.8 Å². The van der Waals surface area contributed by atoms with Crippen LogP contribution < -0.4 is 10.2 Å². The Balaban J connectivity index is 1.85. The monoisotopic (exact) mass is 302 g/mol.